The summed E-state index contributed by atoms with van der Waals surface area (Å²) in [6.45, 7) is 0.920. The highest BCUT2D eigenvalue weighted by Gasteiger charge is 2.40. The summed E-state index contributed by atoms with van der Waals surface area (Å²) in [4.78, 5) is 4.10. The molecule has 160 valence electrons. The molecule has 0 bridgehead atoms. The summed E-state index contributed by atoms with van der Waals surface area (Å²) < 4.78 is 61.3. The fourth-order valence-corrected chi connectivity index (χ4v) is 3.88. The second-order valence-electron chi connectivity index (χ2n) is 7.05. The van der Waals surface area contributed by atoms with Gasteiger partial charge in [-0.05, 0) is 30.9 Å². The molecule has 2 N–H and O–H groups in total. The van der Waals surface area contributed by atoms with E-state index in [-0.39, 0.29) is 35.1 Å². The normalized spacial score (nSPS) is 16.7. The maximum Gasteiger partial charge on any atom is 0.416 e. The van der Waals surface area contributed by atoms with Crippen LogP contribution in [0.15, 0.2) is 29.3 Å². The van der Waals surface area contributed by atoms with E-state index in [0.717, 1.165) is 25.3 Å². The number of hydrogen-bond acceptors (Lipinski definition) is 3. The molecule has 28 heavy (non-hydrogen) atoms. The van der Waals surface area contributed by atoms with E-state index >= 15 is 0 Å². The highest BCUT2D eigenvalue weighted by molar-refractivity contribution is 14.0. The zero-order valence-corrected chi connectivity index (χ0v) is 19.1. The number of hydrogen-bond donors (Lipinski definition) is 2. The van der Waals surface area contributed by atoms with Gasteiger partial charge in [-0.3, -0.25) is 4.99 Å². The minimum Gasteiger partial charge on any atom is -0.356 e. The third kappa shape index (κ3) is 7.09. The van der Waals surface area contributed by atoms with E-state index in [1.165, 1.54) is 18.4 Å². The van der Waals surface area contributed by atoms with E-state index in [1.54, 1.807) is 13.1 Å². The molecule has 0 aliphatic heterocycles. The Morgan fingerprint density at radius 3 is 2.43 bits per heavy atom. The molecule has 2 rings (SSSR count). The molecule has 1 fully saturated rings. The summed E-state index contributed by atoms with van der Waals surface area (Å²) in [5.74, 6) is 0.604. The molecule has 1 aromatic rings. The van der Waals surface area contributed by atoms with Gasteiger partial charge in [0.1, 0.15) is 9.84 Å². The number of nitrogens with zero attached hydrogens (tertiary/aromatic N) is 1. The Morgan fingerprint density at radius 1 is 1.25 bits per heavy atom. The first kappa shape index (κ1) is 25.0. The minimum absolute atomic E-state index is 0. The zero-order chi connectivity index (χ0) is 20.1. The molecule has 1 aliphatic rings. The maximum atomic E-state index is 13.0. The average Bonchev–Trinajstić information content (AvgIpc) is 2.54. The molecular weight excluding hydrogens is 506 g/mol. The summed E-state index contributed by atoms with van der Waals surface area (Å²) >= 11 is 0. The lowest BCUT2D eigenvalue weighted by atomic mass is 9.64. The van der Waals surface area contributed by atoms with Crippen molar-refractivity contribution in [1.29, 1.82) is 0 Å². The quantitative estimate of drug-likeness (QED) is 0.244. The summed E-state index contributed by atoms with van der Waals surface area (Å²) in [6, 6.07) is 5.53. The topological polar surface area (TPSA) is 70.6 Å². The Labute approximate surface area is 181 Å². The van der Waals surface area contributed by atoms with Gasteiger partial charge in [-0.1, -0.05) is 24.6 Å². The molecule has 1 saturated carbocycles. The summed E-state index contributed by atoms with van der Waals surface area (Å²) in [5.41, 5.74) is -0.288. The number of halogens is 4. The SMILES string of the molecule is CN=C(NCCCS(C)(=O)=O)NCC1(c2cccc(C(F)(F)F)c2)CCC1.I. The van der Waals surface area contributed by atoms with Gasteiger partial charge in [0.05, 0.1) is 11.3 Å². The van der Waals surface area contributed by atoms with E-state index in [9.17, 15) is 21.6 Å². The fourth-order valence-electron chi connectivity index (χ4n) is 3.21. The zero-order valence-electron chi connectivity index (χ0n) is 16.0. The number of benzene rings is 1. The van der Waals surface area contributed by atoms with Crippen LogP contribution in [-0.4, -0.2) is 46.5 Å². The van der Waals surface area contributed by atoms with Crippen LogP contribution >= 0.6 is 24.0 Å². The fraction of sp³-hybridized carbons (Fsp3) is 0.611. The van der Waals surface area contributed by atoms with Gasteiger partial charge in [0.25, 0.3) is 0 Å². The van der Waals surface area contributed by atoms with E-state index in [2.05, 4.69) is 15.6 Å². The van der Waals surface area contributed by atoms with E-state index in [4.69, 9.17) is 0 Å². The van der Waals surface area contributed by atoms with Crippen molar-refractivity contribution in [3.8, 4) is 0 Å². The van der Waals surface area contributed by atoms with Crippen LogP contribution in [0.25, 0.3) is 0 Å². The Kier molecular flexibility index (Phi) is 9.04. The van der Waals surface area contributed by atoms with Crippen LogP contribution in [-0.2, 0) is 21.4 Å². The first-order valence-corrected chi connectivity index (χ1v) is 10.9. The van der Waals surface area contributed by atoms with Crippen LogP contribution in [0.5, 0.6) is 0 Å². The number of rotatable bonds is 7. The third-order valence-electron chi connectivity index (χ3n) is 4.92. The second kappa shape index (κ2) is 10.1. The molecule has 0 spiro atoms. The van der Waals surface area contributed by atoms with Crippen molar-refractivity contribution in [3.05, 3.63) is 35.4 Å². The van der Waals surface area contributed by atoms with Crippen LogP contribution in [0, 0.1) is 0 Å². The number of guanidine groups is 1. The van der Waals surface area contributed by atoms with E-state index in [0.29, 0.717) is 31.0 Å². The van der Waals surface area contributed by atoms with Gasteiger partial charge in [0.2, 0.25) is 0 Å². The number of sulfone groups is 1. The average molecular weight is 533 g/mol. The molecule has 0 aromatic heterocycles. The van der Waals surface area contributed by atoms with Gasteiger partial charge in [-0.15, -0.1) is 24.0 Å². The van der Waals surface area contributed by atoms with Gasteiger partial charge in [-0.25, -0.2) is 8.42 Å². The van der Waals surface area contributed by atoms with Crippen molar-refractivity contribution in [2.24, 2.45) is 4.99 Å². The van der Waals surface area contributed by atoms with Crippen molar-refractivity contribution >= 4 is 39.8 Å². The first-order chi connectivity index (χ1) is 12.6. The van der Waals surface area contributed by atoms with Gasteiger partial charge in [0, 0.05) is 31.8 Å². The smallest absolute Gasteiger partial charge is 0.356 e. The summed E-state index contributed by atoms with van der Waals surface area (Å²) in [7, 11) is -1.40. The van der Waals surface area contributed by atoms with Crippen LogP contribution < -0.4 is 10.6 Å². The van der Waals surface area contributed by atoms with Crippen LogP contribution in [0.2, 0.25) is 0 Å². The minimum atomic E-state index is -4.36. The lowest BCUT2D eigenvalue weighted by Gasteiger charge is -2.43. The first-order valence-electron chi connectivity index (χ1n) is 8.86. The molecule has 0 atom stereocenters. The summed E-state index contributed by atoms with van der Waals surface area (Å²) in [5, 5.41) is 6.22. The van der Waals surface area contributed by atoms with E-state index in [1.807, 2.05) is 0 Å². The predicted octanol–water partition coefficient (Wildman–Crippen LogP) is 3.34. The standard InChI is InChI=1S/C18H26F3N3O2S.HI/c1-22-16(23-10-5-11-27(2,25)26)24-13-17(8-4-9-17)14-6-3-7-15(12-14)18(19,20)21;/h3,6-7,12H,4-5,8-11,13H2,1-2H3,(H2,22,23,24);1H. The Morgan fingerprint density at radius 2 is 1.93 bits per heavy atom. The largest absolute Gasteiger partial charge is 0.416 e. The van der Waals surface area contributed by atoms with Gasteiger partial charge >= 0.3 is 6.18 Å². The molecule has 5 nitrogen and oxygen atoms in total. The van der Waals surface area contributed by atoms with Gasteiger partial charge < -0.3 is 10.6 Å². The maximum absolute atomic E-state index is 13.0. The van der Waals surface area contributed by atoms with E-state index < -0.39 is 21.6 Å². The Hall–Kier alpha value is -1.04. The highest BCUT2D eigenvalue weighted by Crippen LogP contribution is 2.44. The van der Waals surface area contributed by atoms with Crippen molar-refractivity contribution in [3.63, 3.8) is 0 Å². The molecule has 0 heterocycles. The lowest BCUT2D eigenvalue weighted by molar-refractivity contribution is -0.137. The molecule has 0 unspecified atom stereocenters. The van der Waals surface area contributed by atoms with Crippen molar-refractivity contribution in [2.75, 3.05) is 32.1 Å². The summed E-state index contributed by atoms with van der Waals surface area (Å²) in [6.07, 6.45) is -0.115. The van der Waals surface area contributed by atoms with Gasteiger partial charge in [-0.2, -0.15) is 13.2 Å². The lowest BCUT2D eigenvalue weighted by Crippen LogP contribution is -2.49. The van der Waals surface area contributed by atoms with Crippen LogP contribution in [0.3, 0.4) is 0 Å². The van der Waals surface area contributed by atoms with Crippen molar-refractivity contribution in [2.45, 2.75) is 37.3 Å². The predicted molar refractivity (Wildman–Crippen MR) is 116 cm³/mol. The van der Waals surface area contributed by atoms with Crippen molar-refractivity contribution in [1.82, 2.24) is 10.6 Å². The molecule has 1 aliphatic carbocycles. The molecule has 10 heteroatoms. The number of alkyl halides is 3. The number of nitrogens with one attached hydrogen (secondary N) is 2. The Bertz CT molecular complexity index is 779. The van der Waals surface area contributed by atoms with Gasteiger partial charge in [0.15, 0.2) is 5.96 Å². The second-order valence-corrected chi connectivity index (χ2v) is 9.31. The number of aliphatic imine (C=N–C) groups is 1. The highest BCUT2D eigenvalue weighted by atomic mass is 127. The molecule has 0 saturated heterocycles. The van der Waals surface area contributed by atoms with Crippen LogP contribution in [0.4, 0.5) is 13.2 Å². The monoisotopic (exact) mass is 533 g/mol. The molecule has 0 radical (unpaired) electrons. The molecular formula is C18H27F3IN3O2S. The Balaban J connectivity index is 0.00000392. The van der Waals surface area contributed by atoms with Crippen LogP contribution in [0.1, 0.15) is 36.8 Å². The molecule has 0 amide bonds. The third-order valence-corrected chi connectivity index (χ3v) is 5.95. The van der Waals surface area contributed by atoms with Crippen molar-refractivity contribution < 1.29 is 21.6 Å². The molecule has 1 aromatic carbocycles.